The standard InChI is InChI=1S/C15H18FN3O2/c1-9-5-6-10(7-12(9)16)15-18-14(19-21-15)13(17)8-20-11-3-2-4-11/h5-7,11,13H,2-4,8,17H2,1H3. The van der Waals surface area contributed by atoms with Gasteiger partial charge in [0.05, 0.1) is 18.8 Å². The maximum Gasteiger partial charge on any atom is 0.258 e. The van der Waals surface area contributed by atoms with Gasteiger partial charge in [0.2, 0.25) is 0 Å². The van der Waals surface area contributed by atoms with E-state index in [1.165, 1.54) is 12.5 Å². The molecule has 0 aliphatic heterocycles. The van der Waals surface area contributed by atoms with Crippen LogP contribution in [-0.4, -0.2) is 22.9 Å². The maximum absolute atomic E-state index is 13.6. The average molecular weight is 291 g/mol. The molecule has 0 amide bonds. The molecule has 1 aliphatic rings. The van der Waals surface area contributed by atoms with Crippen molar-refractivity contribution in [2.24, 2.45) is 5.73 Å². The topological polar surface area (TPSA) is 74.2 Å². The molecule has 1 aromatic heterocycles. The zero-order valence-electron chi connectivity index (χ0n) is 11.9. The van der Waals surface area contributed by atoms with E-state index in [0.717, 1.165) is 12.8 Å². The van der Waals surface area contributed by atoms with Crippen molar-refractivity contribution in [3.05, 3.63) is 35.4 Å². The quantitative estimate of drug-likeness (QED) is 0.916. The Morgan fingerprint density at radius 1 is 1.48 bits per heavy atom. The van der Waals surface area contributed by atoms with Gasteiger partial charge in [-0.05, 0) is 43.9 Å². The van der Waals surface area contributed by atoms with Gasteiger partial charge in [-0.1, -0.05) is 11.2 Å². The van der Waals surface area contributed by atoms with Crippen LogP contribution in [0.25, 0.3) is 11.5 Å². The highest BCUT2D eigenvalue weighted by atomic mass is 19.1. The zero-order valence-corrected chi connectivity index (χ0v) is 11.9. The van der Waals surface area contributed by atoms with Crippen molar-refractivity contribution in [1.82, 2.24) is 10.1 Å². The van der Waals surface area contributed by atoms with E-state index in [1.807, 2.05) is 0 Å². The van der Waals surface area contributed by atoms with Gasteiger partial charge in [-0.2, -0.15) is 4.98 Å². The first-order valence-corrected chi connectivity index (χ1v) is 7.11. The zero-order chi connectivity index (χ0) is 14.8. The Hall–Kier alpha value is -1.79. The molecule has 1 fully saturated rings. The molecule has 0 radical (unpaired) electrons. The number of hydrogen-bond acceptors (Lipinski definition) is 5. The van der Waals surface area contributed by atoms with Crippen molar-refractivity contribution in [3.8, 4) is 11.5 Å². The lowest BCUT2D eigenvalue weighted by molar-refractivity contribution is -0.00549. The molecule has 0 bridgehead atoms. The van der Waals surface area contributed by atoms with Crippen LogP contribution in [-0.2, 0) is 4.74 Å². The van der Waals surface area contributed by atoms with Crippen LogP contribution in [0.2, 0.25) is 0 Å². The number of nitrogens with zero attached hydrogens (tertiary/aromatic N) is 2. The van der Waals surface area contributed by atoms with Gasteiger partial charge in [0.1, 0.15) is 5.82 Å². The van der Waals surface area contributed by atoms with Crippen LogP contribution in [0.1, 0.15) is 36.7 Å². The monoisotopic (exact) mass is 291 g/mol. The van der Waals surface area contributed by atoms with Crippen molar-refractivity contribution < 1.29 is 13.7 Å². The van der Waals surface area contributed by atoms with Crippen LogP contribution < -0.4 is 5.73 Å². The summed E-state index contributed by atoms with van der Waals surface area (Å²) >= 11 is 0. The lowest BCUT2D eigenvalue weighted by Gasteiger charge is -2.26. The molecule has 1 aromatic carbocycles. The molecule has 1 heterocycles. The number of nitrogens with two attached hydrogens (primary N) is 1. The van der Waals surface area contributed by atoms with Crippen LogP contribution in [0, 0.1) is 12.7 Å². The summed E-state index contributed by atoms with van der Waals surface area (Å²) in [6, 6.07) is 4.36. The van der Waals surface area contributed by atoms with E-state index < -0.39 is 6.04 Å². The molecule has 112 valence electrons. The van der Waals surface area contributed by atoms with E-state index in [9.17, 15) is 4.39 Å². The average Bonchev–Trinajstić information content (AvgIpc) is 2.89. The third-order valence-corrected chi connectivity index (χ3v) is 3.76. The fraction of sp³-hybridized carbons (Fsp3) is 0.467. The van der Waals surface area contributed by atoms with Gasteiger partial charge in [-0.15, -0.1) is 0 Å². The van der Waals surface area contributed by atoms with E-state index in [4.69, 9.17) is 15.0 Å². The molecule has 1 unspecified atom stereocenters. The number of halogens is 1. The molecule has 3 rings (SSSR count). The lowest BCUT2D eigenvalue weighted by Crippen LogP contribution is -2.27. The van der Waals surface area contributed by atoms with Gasteiger partial charge in [-0.25, -0.2) is 4.39 Å². The van der Waals surface area contributed by atoms with Crippen LogP contribution in [0.5, 0.6) is 0 Å². The fourth-order valence-electron chi connectivity index (χ4n) is 2.08. The number of benzene rings is 1. The van der Waals surface area contributed by atoms with E-state index in [2.05, 4.69) is 10.1 Å². The van der Waals surface area contributed by atoms with Gasteiger partial charge >= 0.3 is 0 Å². The molecule has 6 heteroatoms. The Morgan fingerprint density at radius 3 is 2.95 bits per heavy atom. The molecular formula is C15H18FN3O2. The summed E-state index contributed by atoms with van der Waals surface area (Å²) in [5.74, 6) is 0.346. The normalized spacial score (nSPS) is 16.7. The van der Waals surface area contributed by atoms with E-state index >= 15 is 0 Å². The van der Waals surface area contributed by atoms with Crippen molar-refractivity contribution in [3.63, 3.8) is 0 Å². The second-order valence-corrected chi connectivity index (χ2v) is 5.41. The summed E-state index contributed by atoms with van der Waals surface area (Å²) in [7, 11) is 0. The molecular weight excluding hydrogens is 273 g/mol. The summed E-state index contributed by atoms with van der Waals surface area (Å²) < 4.78 is 24.3. The second kappa shape index (κ2) is 5.91. The molecule has 1 atom stereocenters. The van der Waals surface area contributed by atoms with Gasteiger partial charge in [0.15, 0.2) is 5.82 Å². The van der Waals surface area contributed by atoms with E-state index in [-0.39, 0.29) is 11.7 Å². The molecule has 0 spiro atoms. The summed E-state index contributed by atoms with van der Waals surface area (Å²) in [5.41, 5.74) is 7.10. The second-order valence-electron chi connectivity index (χ2n) is 5.41. The van der Waals surface area contributed by atoms with E-state index in [0.29, 0.717) is 29.7 Å². The van der Waals surface area contributed by atoms with Gasteiger partial charge in [-0.3, -0.25) is 0 Å². The minimum Gasteiger partial charge on any atom is -0.376 e. The first-order valence-electron chi connectivity index (χ1n) is 7.11. The minimum absolute atomic E-state index is 0.267. The van der Waals surface area contributed by atoms with Crippen molar-refractivity contribution in [2.45, 2.75) is 38.3 Å². The van der Waals surface area contributed by atoms with Crippen molar-refractivity contribution >= 4 is 0 Å². The SMILES string of the molecule is Cc1ccc(-c2nc(C(N)COC3CCC3)no2)cc1F. The highest BCUT2D eigenvalue weighted by molar-refractivity contribution is 5.53. The molecule has 2 aromatic rings. The van der Waals surface area contributed by atoms with Gasteiger partial charge in [0.25, 0.3) is 5.89 Å². The first-order chi connectivity index (χ1) is 10.1. The van der Waals surface area contributed by atoms with Crippen LogP contribution >= 0.6 is 0 Å². The number of ether oxygens (including phenoxy) is 1. The number of aromatic nitrogens is 2. The van der Waals surface area contributed by atoms with E-state index in [1.54, 1.807) is 19.1 Å². The van der Waals surface area contributed by atoms with Crippen LogP contribution in [0.4, 0.5) is 4.39 Å². The van der Waals surface area contributed by atoms with Crippen molar-refractivity contribution in [2.75, 3.05) is 6.61 Å². The summed E-state index contributed by atoms with van der Waals surface area (Å²) in [6.07, 6.45) is 3.71. The Labute approximate surface area is 122 Å². The molecule has 0 saturated heterocycles. The summed E-state index contributed by atoms with van der Waals surface area (Å²) in [6.45, 7) is 2.07. The first kappa shape index (κ1) is 14.2. The number of aryl methyl sites for hydroxylation is 1. The van der Waals surface area contributed by atoms with Crippen LogP contribution in [0.15, 0.2) is 22.7 Å². The smallest absolute Gasteiger partial charge is 0.258 e. The van der Waals surface area contributed by atoms with Crippen LogP contribution in [0.3, 0.4) is 0 Å². The predicted molar refractivity (Wildman–Crippen MR) is 74.9 cm³/mol. The maximum atomic E-state index is 13.6. The van der Waals surface area contributed by atoms with Gasteiger partial charge < -0.3 is 15.0 Å². The highest BCUT2D eigenvalue weighted by Crippen LogP contribution is 2.24. The number of rotatable bonds is 5. The Bertz CT molecular complexity index is 625. The third-order valence-electron chi connectivity index (χ3n) is 3.76. The molecule has 2 N–H and O–H groups in total. The molecule has 5 nitrogen and oxygen atoms in total. The Kier molecular flexibility index (Phi) is 3.98. The molecule has 21 heavy (non-hydrogen) atoms. The summed E-state index contributed by atoms with van der Waals surface area (Å²) in [5, 5.41) is 3.85. The van der Waals surface area contributed by atoms with Gasteiger partial charge in [0, 0.05) is 5.56 Å². The highest BCUT2D eigenvalue weighted by Gasteiger charge is 2.21. The Balaban J connectivity index is 1.68. The largest absolute Gasteiger partial charge is 0.376 e. The fourth-order valence-corrected chi connectivity index (χ4v) is 2.08. The number of hydrogen-bond donors (Lipinski definition) is 1. The molecule has 1 aliphatic carbocycles. The van der Waals surface area contributed by atoms with Crippen molar-refractivity contribution in [1.29, 1.82) is 0 Å². The third kappa shape index (κ3) is 3.11. The predicted octanol–water partition coefficient (Wildman–Crippen LogP) is 2.75. The molecule has 1 saturated carbocycles. The lowest BCUT2D eigenvalue weighted by atomic mass is 9.96. The minimum atomic E-state index is -0.432. The Morgan fingerprint density at radius 2 is 2.29 bits per heavy atom. The summed E-state index contributed by atoms with van der Waals surface area (Å²) in [4.78, 5) is 4.22.